The Kier molecular flexibility index (Phi) is 3.52. The van der Waals surface area contributed by atoms with Gasteiger partial charge < -0.3 is 10.3 Å². The van der Waals surface area contributed by atoms with E-state index in [1.807, 2.05) is 13.0 Å². The second kappa shape index (κ2) is 5.46. The fraction of sp³-hybridized carbons (Fsp3) is 0.333. The first kappa shape index (κ1) is 12.9. The minimum absolute atomic E-state index is 0.355. The van der Waals surface area contributed by atoms with Crippen LogP contribution in [0.25, 0.3) is 10.9 Å². The minimum atomic E-state index is 0.355. The number of aryl methyl sites for hydroxylation is 1. The van der Waals surface area contributed by atoms with Gasteiger partial charge >= 0.3 is 11.7 Å². The zero-order valence-electron chi connectivity index (χ0n) is 11.7. The molecule has 5 heteroatoms. The normalized spacial score (nSPS) is 12.9. The third kappa shape index (κ3) is 2.72. The molecule has 3 N–H and O–H groups in total. The Morgan fingerprint density at radius 3 is 3.05 bits per heavy atom. The van der Waals surface area contributed by atoms with Crippen molar-refractivity contribution in [2.45, 2.75) is 32.9 Å². The highest BCUT2D eigenvalue weighted by Gasteiger charge is 2.12. The summed E-state index contributed by atoms with van der Waals surface area (Å²) in [4.78, 5) is 6.38. The molecule has 2 heterocycles. The Morgan fingerprint density at radius 2 is 2.25 bits per heavy atom. The second-order valence-electron chi connectivity index (χ2n) is 5.16. The summed E-state index contributed by atoms with van der Waals surface area (Å²) in [5.74, 6) is 1.55. The van der Waals surface area contributed by atoms with E-state index in [4.69, 9.17) is 4.52 Å². The first-order valence-corrected chi connectivity index (χ1v) is 6.85. The standard InChI is InChI=1S/C15H18N4O/c1-10(16-9-15-18-11(2)19-20-15)7-12-8-17-14-6-4-3-5-13(12)14/h3-6,8,10,16-17H,7,9H2,1-2H3/p+1. The van der Waals surface area contributed by atoms with Gasteiger partial charge in [0.15, 0.2) is 5.16 Å². The average molecular weight is 271 g/mol. The van der Waals surface area contributed by atoms with Gasteiger partial charge in [-0.3, -0.25) is 0 Å². The van der Waals surface area contributed by atoms with Crippen molar-refractivity contribution in [3.8, 4) is 0 Å². The van der Waals surface area contributed by atoms with E-state index < -0.39 is 0 Å². The van der Waals surface area contributed by atoms with Crippen LogP contribution >= 0.6 is 0 Å². The lowest BCUT2D eigenvalue weighted by molar-refractivity contribution is -0.407. The molecule has 0 aliphatic heterocycles. The summed E-state index contributed by atoms with van der Waals surface area (Å²) >= 11 is 0. The van der Waals surface area contributed by atoms with Gasteiger partial charge in [0.05, 0.1) is 6.54 Å². The summed E-state index contributed by atoms with van der Waals surface area (Å²) < 4.78 is 5.15. The topological polar surface area (TPSA) is 68.0 Å². The highest BCUT2D eigenvalue weighted by Crippen LogP contribution is 2.18. The molecule has 1 unspecified atom stereocenters. The number of para-hydroxylation sites is 1. The molecule has 3 rings (SSSR count). The Hall–Kier alpha value is -2.14. The molecule has 20 heavy (non-hydrogen) atoms. The fourth-order valence-corrected chi connectivity index (χ4v) is 2.42. The predicted molar refractivity (Wildman–Crippen MR) is 76.1 cm³/mol. The van der Waals surface area contributed by atoms with Crippen LogP contribution in [-0.2, 0) is 13.0 Å². The number of nitrogens with zero attached hydrogens (tertiary/aromatic N) is 1. The van der Waals surface area contributed by atoms with E-state index in [2.05, 4.69) is 51.8 Å². The van der Waals surface area contributed by atoms with Crippen LogP contribution in [0.4, 0.5) is 0 Å². The maximum atomic E-state index is 5.15. The van der Waals surface area contributed by atoms with Crippen molar-refractivity contribution in [3.05, 3.63) is 47.7 Å². The summed E-state index contributed by atoms with van der Waals surface area (Å²) in [7, 11) is 0. The lowest BCUT2D eigenvalue weighted by atomic mass is 10.1. The molecule has 0 spiro atoms. The van der Waals surface area contributed by atoms with Crippen LogP contribution < -0.4 is 10.3 Å². The van der Waals surface area contributed by atoms with Gasteiger partial charge in [-0.25, -0.2) is 9.51 Å². The monoisotopic (exact) mass is 271 g/mol. The molecule has 0 saturated carbocycles. The maximum absolute atomic E-state index is 5.15. The van der Waals surface area contributed by atoms with Gasteiger partial charge in [0.25, 0.3) is 0 Å². The highest BCUT2D eigenvalue weighted by atomic mass is 16.5. The minimum Gasteiger partial charge on any atom is -0.361 e. The van der Waals surface area contributed by atoms with E-state index in [1.165, 1.54) is 16.5 Å². The largest absolute Gasteiger partial charge is 0.361 e. The molecule has 0 aliphatic rings. The number of hydrogen-bond donors (Lipinski definition) is 2. The van der Waals surface area contributed by atoms with Crippen LogP contribution in [0.2, 0.25) is 0 Å². The van der Waals surface area contributed by atoms with Crippen LogP contribution in [0.1, 0.15) is 24.2 Å². The maximum Gasteiger partial charge on any atom is 0.343 e. The van der Waals surface area contributed by atoms with Crippen LogP contribution in [0.3, 0.4) is 0 Å². The van der Waals surface area contributed by atoms with Crippen LogP contribution in [0.5, 0.6) is 0 Å². The number of H-pyrrole nitrogens is 2. The van der Waals surface area contributed by atoms with Crippen molar-refractivity contribution in [1.29, 1.82) is 0 Å². The third-order valence-corrected chi connectivity index (χ3v) is 3.43. The van der Waals surface area contributed by atoms with E-state index >= 15 is 0 Å². The first-order valence-electron chi connectivity index (χ1n) is 6.85. The van der Waals surface area contributed by atoms with Crippen molar-refractivity contribution >= 4 is 10.9 Å². The van der Waals surface area contributed by atoms with Gasteiger partial charge in [-0.15, -0.1) is 0 Å². The SMILES string of the molecule is Cc1noc(CNC(C)Cc2c[nH]c3ccccc23)[nH+]1. The zero-order chi connectivity index (χ0) is 13.9. The quantitative estimate of drug-likeness (QED) is 0.745. The van der Waals surface area contributed by atoms with E-state index in [1.54, 1.807) is 0 Å². The number of nitrogens with one attached hydrogen (secondary N) is 3. The van der Waals surface area contributed by atoms with Crippen LogP contribution in [0, 0.1) is 6.92 Å². The Morgan fingerprint density at radius 1 is 1.40 bits per heavy atom. The molecular weight excluding hydrogens is 252 g/mol. The lowest BCUT2D eigenvalue weighted by Gasteiger charge is -2.10. The number of benzene rings is 1. The molecule has 0 bridgehead atoms. The van der Waals surface area contributed by atoms with Crippen molar-refractivity contribution in [2.75, 3.05) is 0 Å². The van der Waals surface area contributed by atoms with Crippen molar-refractivity contribution in [1.82, 2.24) is 15.5 Å². The molecule has 1 atom stereocenters. The zero-order valence-corrected chi connectivity index (χ0v) is 11.7. The number of hydrogen-bond acceptors (Lipinski definition) is 3. The molecule has 1 aromatic carbocycles. The van der Waals surface area contributed by atoms with Gasteiger partial charge in [-0.05, 0) is 25.0 Å². The molecule has 3 aromatic rings. The van der Waals surface area contributed by atoms with Gasteiger partial charge in [0.1, 0.15) is 0 Å². The van der Waals surface area contributed by atoms with Crippen molar-refractivity contribution in [2.24, 2.45) is 0 Å². The number of fused-ring (bicyclic) bond motifs is 1. The predicted octanol–water partition coefficient (Wildman–Crippen LogP) is 2.00. The molecule has 0 saturated heterocycles. The smallest absolute Gasteiger partial charge is 0.343 e. The van der Waals surface area contributed by atoms with Crippen molar-refractivity contribution < 1.29 is 9.51 Å². The third-order valence-electron chi connectivity index (χ3n) is 3.43. The summed E-state index contributed by atoms with van der Waals surface area (Å²) in [6, 6.07) is 8.73. The molecule has 0 aliphatic carbocycles. The molecule has 0 radical (unpaired) electrons. The van der Waals surface area contributed by atoms with E-state index in [0.29, 0.717) is 12.6 Å². The molecular formula is C15H19N4O+. The summed E-state index contributed by atoms with van der Waals surface area (Å²) in [5.41, 5.74) is 2.52. The first-order chi connectivity index (χ1) is 9.72. The summed E-state index contributed by atoms with van der Waals surface area (Å²) in [6.45, 7) is 4.71. The van der Waals surface area contributed by atoms with Gasteiger partial charge in [0, 0.05) is 30.1 Å². The molecule has 0 fully saturated rings. The number of rotatable bonds is 5. The lowest BCUT2D eigenvalue weighted by Crippen LogP contribution is -2.29. The van der Waals surface area contributed by atoms with E-state index in [9.17, 15) is 0 Å². The van der Waals surface area contributed by atoms with Crippen LogP contribution in [-0.4, -0.2) is 16.2 Å². The summed E-state index contributed by atoms with van der Waals surface area (Å²) in [6.07, 6.45) is 3.06. The Labute approximate surface area is 117 Å². The Balaban J connectivity index is 1.62. The average Bonchev–Trinajstić information content (AvgIpc) is 3.04. The molecule has 0 amide bonds. The molecule has 104 valence electrons. The number of aromatic nitrogens is 3. The van der Waals surface area contributed by atoms with E-state index in [-0.39, 0.29) is 0 Å². The molecule has 5 nitrogen and oxygen atoms in total. The van der Waals surface area contributed by atoms with Gasteiger partial charge in [-0.1, -0.05) is 18.2 Å². The second-order valence-corrected chi connectivity index (χ2v) is 5.16. The van der Waals surface area contributed by atoms with Crippen LogP contribution in [0.15, 0.2) is 35.0 Å². The van der Waals surface area contributed by atoms with Crippen molar-refractivity contribution in [3.63, 3.8) is 0 Å². The Bertz CT molecular complexity index is 701. The fourth-order valence-electron chi connectivity index (χ4n) is 2.42. The van der Waals surface area contributed by atoms with E-state index in [0.717, 1.165) is 18.1 Å². The number of aromatic amines is 2. The summed E-state index contributed by atoms with van der Waals surface area (Å²) in [5, 5.41) is 8.57. The van der Waals surface area contributed by atoms with Gasteiger partial charge in [0.2, 0.25) is 0 Å². The highest BCUT2D eigenvalue weighted by molar-refractivity contribution is 5.83. The van der Waals surface area contributed by atoms with Gasteiger partial charge in [-0.2, -0.15) is 0 Å². The molecule has 2 aromatic heterocycles.